The molecule has 0 fully saturated rings. The van der Waals surface area contributed by atoms with E-state index in [0.29, 0.717) is 36.3 Å². The molecule has 0 aromatic heterocycles. The largest absolute Gasteiger partial charge is 0.490 e. The van der Waals surface area contributed by atoms with Crippen LogP contribution >= 0.6 is 11.6 Å². The molecule has 0 spiro atoms. The second-order valence-electron chi connectivity index (χ2n) is 7.64. The fourth-order valence-electron chi connectivity index (χ4n) is 3.30. The minimum atomic E-state index is -0.597. The molecule has 31 heavy (non-hydrogen) atoms. The average molecular weight is 440 g/mol. The highest BCUT2D eigenvalue weighted by Crippen LogP contribution is 2.37. The van der Waals surface area contributed by atoms with Gasteiger partial charge in [0.1, 0.15) is 6.61 Å². The van der Waals surface area contributed by atoms with E-state index in [-0.39, 0.29) is 6.04 Å². The zero-order valence-corrected chi connectivity index (χ0v) is 19.0. The molecule has 0 saturated heterocycles. The molecule has 0 aliphatic heterocycles. The van der Waals surface area contributed by atoms with E-state index in [1.807, 2.05) is 68.4 Å². The van der Waals surface area contributed by atoms with Gasteiger partial charge in [-0.1, -0.05) is 71.8 Å². The van der Waals surface area contributed by atoms with Crippen LogP contribution in [0.5, 0.6) is 11.5 Å². The molecule has 3 aromatic rings. The summed E-state index contributed by atoms with van der Waals surface area (Å²) in [6, 6.07) is 21.5. The van der Waals surface area contributed by atoms with Crippen molar-refractivity contribution in [3.05, 3.63) is 94.0 Å². The number of halogens is 1. The van der Waals surface area contributed by atoms with E-state index in [2.05, 4.69) is 24.4 Å². The Hall–Kier alpha value is -2.53. The Bertz CT molecular complexity index is 960. The molecule has 2 N–H and O–H groups in total. The first-order valence-electron chi connectivity index (χ1n) is 10.6. The molecule has 3 rings (SSSR count). The van der Waals surface area contributed by atoms with Gasteiger partial charge in [-0.3, -0.25) is 0 Å². The van der Waals surface area contributed by atoms with Crippen LogP contribution in [0.25, 0.3) is 0 Å². The number of rotatable bonds is 10. The summed E-state index contributed by atoms with van der Waals surface area (Å²) in [6.07, 6.45) is -0.597. The van der Waals surface area contributed by atoms with Crippen molar-refractivity contribution in [2.24, 2.45) is 0 Å². The first-order valence-corrected chi connectivity index (χ1v) is 11.0. The van der Waals surface area contributed by atoms with Crippen molar-refractivity contribution in [1.29, 1.82) is 0 Å². The van der Waals surface area contributed by atoms with E-state index < -0.39 is 6.10 Å². The van der Waals surface area contributed by atoms with Crippen LogP contribution in [-0.4, -0.2) is 17.8 Å². The molecule has 0 saturated carbocycles. The van der Waals surface area contributed by atoms with Gasteiger partial charge in [0, 0.05) is 12.6 Å². The molecular formula is C26H30ClNO3. The molecular weight excluding hydrogens is 410 g/mol. The topological polar surface area (TPSA) is 50.7 Å². The van der Waals surface area contributed by atoms with Crippen LogP contribution in [0.15, 0.2) is 66.7 Å². The Morgan fingerprint density at radius 3 is 2.35 bits per heavy atom. The highest BCUT2D eigenvalue weighted by molar-refractivity contribution is 6.32. The number of hydrogen-bond acceptors (Lipinski definition) is 4. The van der Waals surface area contributed by atoms with Crippen molar-refractivity contribution in [3.8, 4) is 11.5 Å². The third-order valence-corrected chi connectivity index (χ3v) is 5.40. The lowest BCUT2D eigenvalue weighted by atomic mass is 10.0. The maximum atomic E-state index is 10.6. The van der Waals surface area contributed by atoms with Gasteiger partial charge in [-0.05, 0) is 49.6 Å². The fraction of sp³-hybridized carbons (Fsp3) is 0.308. The SMILES string of the molecule is CCOc1cc(CNC(C)C(O)c2ccccc2)cc(Cl)c1OCc1ccc(C)cc1. The van der Waals surface area contributed by atoms with Crippen molar-refractivity contribution in [2.45, 2.75) is 46.1 Å². The summed E-state index contributed by atoms with van der Waals surface area (Å²) in [5.41, 5.74) is 4.12. The molecule has 2 unspecified atom stereocenters. The maximum absolute atomic E-state index is 10.6. The predicted octanol–water partition coefficient (Wildman–Crippen LogP) is 5.84. The van der Waals surface area contributed by atoms with Gasteiger partial charge >= 0.3 is 0 Å². The van der Waals surface area contributed by atoms with Gasteiger partial charge in [0.2, 0.25) is 0 Å². The lowest BCUT2D eigenvalue weighted by Gasteiger charge is -2.21. The van der Waals surface area contributed by atoms with Gasteiger partial charge in [-0.2, -0.15) is 0 Å². The second kappa shape index (κ2) is 11.2. The van der Waals surface area contributed by atoms with Crippen molar-refractivity contribution < 1.29 is 14.6 Å². The Kier molecular flexibility index (Phi) is 8.35. The van der Waals surface area contributed by atoms with Crippen LogP contribution in [0, 0.1) is 6.92 Å². The summed E-state index contributed by atoms with van der Waals surface area (Å²) in [6.45, 7) is 7.42. The van der Waals surface area contributed by atoms with Crippen molar-refractivity contribution in [1.82, 2.24) is 5.32 Å². The van der Waals surface area contributed by atoms with Gasteiger partial charge in [0.05, 0.1) is 17.7 Å². The summed E-state index contributed by atoms with van der Waals surface area (Å²) < 4.78 is 11.8. The number of aryl methyl sites for hydroxylation is 1. The van der Waals surface area contributed by atoms with Gasteiger partial charge in [-0.25, -0.2) is 0 Å². The quantitative estimate of drug-likeness (QED) is 0.416. The third-order valence-electron chi connectivity index (χ3n) is 5.12. The number of nitrogens with one attached hydrogen (secondary N) is 1. The molecule has 2 atom stereocenters. The minimum Gasteiger partial charge on any atom is -0.490 e. The van der Waals surface area contributed by atoms with Crippen molar-refractivity contribution >= 4 is 11.6 Å². The van der Waals surface area contributed by atoms with Crippen LogP contribution < -0.4 is 14.8 Å². The number of benzene rings is 3. The summed E-state index contributed by atoms with van der Waals surface area (Å²) in [4.78, 5) is 0. The normalized spacial score (nSPS) is 12.9. The van der Waals surface area contributed by atoms with Crippen LogP contribution in [-0.2, 0) is 13.2 Å². The molecule has 0 aliphatic rings. The molecule has 0 amide bonds. The molecule has 4 nitrogen and oxygen atoms in total. The Morgan fingerprint density at radius 2 is 1.68 bits per heavy atom. The van der Waals surface area contributed by atoms with E-state index in [1.54, 1.807) is 0 Å². The van der Waals surface area contributed by atoms with Crippen LogP contribution in [0.3, 0.4) is 0 Å². The van der Waals surface area contributed by atoms with Crippen LogP contribution in [0.4, 0.5) is 0 Å². The average Bonchev–Trinajstić information content (AvgIpc) is 2.78. The van der Waals surface area contributed by atoms with Gasteiger partial charge in [-0.15, -0.1) is 0 Å². The minimum absolute atomic E-state index is 0.130. The number of ether oxygens (including phenoxy) is 2. The molecule has 0 aliphatic carbocycles. The van der Waals surface area contributed by atoms with Crippen molar-refractivity contribution in [2.75, 3.05) is 6.61 Å². The summed E-state index contributed by atoms with van der Waals surface area (Å²) in [7, 11) is 0. The number of aliphatic hydroxyl groups is 1. The summed E-state index contributed by atoms with van der Waals surface area (Å²) in [5, 5.41) is 14.4. The molecule has 0 bridgehead atoms. The second-order valence-corrected chi connectivity index (χ2v) is 8.04. The number of hydrogen-bond donors (Lipinski definition) is 2. The highest BCUT2D eigenvalue weighted by Gasteiger charge is 2.17. The fourth-order valence-corrected chi connectivity index (χ4v) is 3.58. The summed E-state index contributed by atoms with van der Waals surface area (Å²) in [5.74, 6) is 1.17. The third kappa shape index (κ3) is 6.47. The molecule has 0 heterocycles. The van der Waals surface area contributed by atoms with Crippen LogP contribution in [0.1, 0.15) is 42.2 Å². The monoisotopic (exact) mass is 439 g/mol. The van der Waals surface area contributed by atoms with Crippen molar-refractivity contribution in [3.63, 3.8) is 0 Å². The van der Waals surface area contributed by atoms with E-state index >= 15 is 0 Å². The molecule has 0 radical (unpaired) electrons. The Labute approximate surface area is 189 Å². The van der Waals surface area contributed by atoms with Gasteiger partial charge < -0.3 is 19.9 Å². The first-order chi connectivity index (χ1) is 15.0. The highest BCUT2D eigenvalue weighted by atomic mass is 35.5. The van der Waals surface area contributed by atoms with E-state index in [9.17, 15) is 5.11 Å². The molecule has 3 aromatic carbocycles. The zero-order chi connectivity index (χ0) is 22.2. The zero-order valence-electron chi connectivity index (χ0n) is 18.3. The predicted molar refractivity (Wildman–Crippen MR) is 126 cm³/mol. The molecule has 164 valence electrons. The van der Waals surface area contributed by atoms with Gasteiger partial charge in [0.25, 0.3) is 0 Å². The Morgan fingerprint density at radius 1 is 0.968 bits per heavy atom. The van der Waals surface area contributed by atoms with E-state index in [4.69, 9.17) is 21.1 Å². The van der Waals surface area contributed by atoms with Crippen LogP contribution in [0.2, 0.25) is 5.02 Å². The lowest BCUT2D eigenvalue weighted by molar-refractivity contribution is 0.135. The number of aliphatic hydroxyl groups excluding tert-OH is 1. The Balaban J connectivity index is 1.68. The van der Waals surface area contributed by atoms with E-state index in [1.165, 1.54) is 5.56 Å². The van der Waals surface area contributed by atoms with E-state index in [0.717, 1.165) is 16.7 Å². The summed E-state index contributed by atoms with van der Waals surface area (Å²) >= 11 is 6.55. The molecule has 5 heteroatoms. The maximum Gasteiger partial charge on any atom is 0.180 e. The lowest BCUT2D eigenvalue weighted by Crippen LogP contribution is -2.31. The standard InChI is InChI=1S/C26H30ClNO3/c1-4-30-24-15-21(16-28-19(3)25(29)22-8-6-5-7-9-22)14-23(27)26(24)31-17-20-12-10-18(2)11-13-20/h5-15,19,25,28-29H,4,16-17H2,1-3H3. The smallest absolute Gasteiger partial charge is 0.180 e. The first kappa shape index (κ1) is 23.1. The van der Waals surface area contributed by atoms with Gasteiger partial charge in [0.15, 0.2) is 11.5 Å².